The smallest absolute Gasteiger partial charge is 0.0726 e. The van der Waals surface area contributed by atoms with Crippen molar-refractivity contribution in [3.05, 3.63) is 36.0 Å². The Morgan fingerprint density at radius 3 is 2.85 bits per heavy atom. The van der Waals surface area contributed by atoms with E-state index in [0.717, 1.165) is 50.5 Å². The third kappa shape index (κ3) is 2.76. The van der Waals surface area contributed by atoms with Crippen molar-refractivity contribution in [2.24, 2.45) is 0 Å². The SMILES string of the molecule is CCNCc1cc(N2CCNCC2)c2ccccc2n1. The average Bonchev–Trinajstić information content (AvgIpc) is 2.53. The van der Waals surface area contributed by atoms with Crippen LogP contribution in [0.2, 0.25) is 0 Å². The van der Waals surface area contributed by atoms with E-state index in [0.29, 0.717) is 0 Å². The minimum Gasteiger partial charge on any atom is -0.368 e. The largest absolute Gasteiger partial charge is 0.368 e. The normalized spacial score (nSPS) is 15.8. The molecule has 1 saturated heterocycles. The van der Waals surface area contributed by atoms with E-state index in [4.69, 9.17) is 4.98 Å². The molecule has 4 nitrogen and oxygen atoms in total. The summed E-state index contributed by atoms with van der Waals surface area (Å²) in [4.78, 5) is 7.23. The van der Waals surface area contributed by atoms with Crippen LogP contribution in [-0.2, 0) is 6.54 Å². The lowest BCUT2D eigenvalue weighted by molar-refractivity contribution is 0.590. The molecule has 106 valence electrons. The lowest BCUT2D eigenvalue weighted by atomic mass is 10.1. The van der Waals surface area contributed by atoms with Gasteiger partial charge in [0.1, 0.15) is 0 Å². The number of pyridine rings is 1. The molecule has 1 aliphatic heterocycles. The summed E-state index contributed by atoms with van der Waals surface area (Å²) in [5, 5.41) is 8.04. The topological polar surface area (TPSA) is 40.2 Å². The molecule has 0 aliphatic carbocycles. The minimum atomic E-state index is 0.834. The second kappa shape index (κ2) is 6.20. The van der Waals surface area contributed by atoms with Crippen molar-refractivity contribution in [2.45, 2.75) is 13.5 Å². The number of piperazine rings is 1. The molecule has 0 spiro atoms. The summed E-state index contributed by atoms with van der Waals surface area (Å²) in [5.74, 6) is 0. The molecule has 0 unspecified atom stereocenters. The Kier molecular flexibility index (Phi) is 4.14. The predicted octanol–water partition coefficient (Wildman–Crippen LogP) is 1.75. The summed E-state index contributed by atoms with van der Waals surface area (Å²) in [7, 11) is 0. The molecule has 20 heavy (non-hydrogen) atoms. The molecule has 3 rings (SSSR count). The van der Waals surface area contributed by atoms with Gasteiger partial charge >= 0.3 is 0 Å². The van der Waals surface area contributed by atoms with Gasteiger partial charge in [0.05, 0.1) is 11.2 Å². The molecule has 1 fully saturated rings. The van der Waals surface area contributed by atoms with Crippen molar-refractivity contribution in [3.8, 4) is 0 Å². The van der Waals surface area contributed by atoms with Crippen molar-refractivity contribution in [2.75, 3.05) is 37.6 Å². The van der Waals surface area contributed by atoms with E-state index in [1.54, 1.807) is 0 Å². The molecule has 2 N–H and O–H groups in total. The Morgan fingerprint density at radius 2 is 2.05 bits per heavy atom. The van der Waals surface area contributed by atoms with E-state index >= 15 is 0 Å². The molecular weight excluding hydrogens is 248 g/mol. The van der Waals surface area contributed by atoms with Gasteiger partial charge in [-0.2, -0.15) is 0 Å². The maximum atomic E-state index is 4.76. The summed E-state index contributed by atoms with van der Waals surface area (Å²) in [6.07, 6.45) is 0. The van der Waals surface area contributed by atoms with Crippen LogP contribution in [0.25, 0.3) is 10.9 Å². The van der Waals surface area contributed by atoms with Crippen LogP contribution < -0.4 is 15.5 Å². The number of nitrogens with zero attached hydrogens (tertiary/aromatic N) is 2. The molecular formula is C16H22N4. The molecule has 0 radical (unpaired) electrons. The number of hydrogen-bond donors (Lipinski definition) is 2. The van der Waals surface area contributed by atoms with Gasteiger partial charge in [-0.15, -0.1) is 0 Å². The maximum absolute atomic E-state index is 4.76. The van der Waals surface area contributed by atoms with Gasteiger partial charge in [0.2, 0.25) is 0 Å². The van der Waals surface area contributed by atoms with Crippen LogP contribution in [0.5, 0.6) is 0 Å². The first-order chi connectivity index (χ1) is 9.88. The lowest BCUT2D eigenvalue weighted by Crippen LogP contribution is -2.43. The first-order valence-electron chi connectivity index (χ1n) is 7.43. The van der Waals surface area contributed by atoms with Gasteiger partial charge in [-0.25, -0.2) is 0 Å². The fourth-order valence-corrected chi connectivity index (χ4v) is 2.72. The van der Waals surface area contributed by atoms with E-state index < -0.39 is 0 Å². The first-order valence-corrected chi connectivity index (χ1v) is 7.43. The number of rotatable bonds is 4. The third-order valence-corrected chi connectivity index (χ3v) is 3.76. The maximum Gasteiger partial charge on any atom is 0.0726 e. The summed E-state index contributed by atoms with van der Waals surface area (Å²) in [5.41, 5.74) is 3.54. The third-order valence-electron chi connectivity index (χ3n) is 3.76. The summed E-state index contributed by atoms with van der Waals surface area (Å²) in [6.45, 7) is 8.16. The van der Waals surface area contributed by atoms with E-state index in [-0.39, 0.29) is 0 Å². The fraction of sp³-hybridized carbons (Fsp3) is 0.438. The van der Waals surface area contributed by atoms with Crippen LogP contribution in [0.4, 0.5) is 5.69 Å². The number of fused-ring (bicyclic) bond motifs is 1. The molecule has 4 heteroatoms. The Hall–Kier alpha value is -1.65. The van der Waals surface area contributed by atoms with E-state index in [1.807, 2.05) is 0 Å². The highest BCUT2D eigenvalue weighted by atomic mass is 15.2. The summed E-state index contributed by atoms with van der Waals surface area (Å²) < 4.78 is 0. The highest BCUT2D eigenvalue weighted by molar-refractivity contribution is 5.92. The van der Waals surface area contributed by atoms with Crippen molar-refractivity contribution < 1.29 is 0 Å². The quantitative estimate of drug-likeness (QED) is 0.888. The predicted molar refractivity (Wildman–Crippen MR) is 84.2 cm³/mol. The van der Waals surface area contributed by atoms with Gasteiger partial charge in [0.25, 0.3) is 0 Å². The monoisotopic (exact) mass is 270 g/mol. The zero-order valence-electron chi connectivity index (χ0n) is 12.0. The molecule has 2 aromatic rings. The van der Waals surface area contributed by atoms with Gasteiger partial charge in [-0.3, -0.25) is 4.98 Å². The number of aromatic nitrogens is 1. The van der Waals surface area contributed by atoms with Crippen molar-refractivity contribution in [3.63, 3.8) is 0 Å². The van der Waals surface area contributed by atoms with Crippen LogP contribution in [0.15, 0.2) is 30.3 Å². The molecule has 1 aromatic carbocycles. The van der Waals surface area contributed by atoms with E-state index in [1.165, 1.54) is 11.1 Å². The van der Waals surface area contributed by atoms with Crippen LogP contribution >= 0.6 is 0 Å². The van der Waals surface area contributed by atoms with Crippen molar-refractivity contribution in [1.82, 2.24) is 15.6 Å². The summed E-state index contributed by atoms with van der Waals surface area (Å²) >= 11 is 0. The Bertz CT molecular complexity index is 576. The van der Waals surface area contributed by atoms with Gasteiger partial charge in [-0.1, -0.05) is 25.1 Å². The van der Waals surface area contributed by atoms with Gasteiger partial charge < -0.3 is 15.5 Å². The van der Waals surface area contributed by atoms with E-state index in [2.05, 4.69) is 52.8 Å². The molecule has 0 bridgehead atoms. The molecule has 2 heterocycles. The van der Waals surface area contributed by atoms with E-state index in [9.17, 15) is 0 Å². The van der Waals surface area contributed by atoms with Crippen molar-refractivity contribution >= 4 is 16.6 Å². The molecule has 1 aromatic heterocycles. The molecule has 0 saturated carbocycles. The first kappa shape index (κ1) is 13.3. The lowest BCUT2D eigenvalue weighted by Gasteiger charge is -2.30. The van der Waals surface area contributed by atoms with Crippen LogP contribution in [0.3, 0.4) is 0 Å². The molecule has 0 amide bonds. The minimum absolute atomic E-state index is 0.834. The highest BCUT2D eigenvalue weighted by Gasteiger charge is 2.14. The number of hydrogen-bond acceptors (Lipinski definition) is 4. The standard InChI is InChI=1S/C16H22N4/c1-2-17-12-13-11-16(20-9-7-18-8-10-20)14-5-3-4-6-15(14)19-13/h3-6,11,17-18H,2,7-10,12H2,1H3. The van der Waals surface area contributed by atoms with Crippen molar-refractivity contribution in [1.29, 1.82) is 0 Å². The van der Waals surface area contributed by atoms with Gasteiger partial charge in [0, 0.05) is 43.8 Å². The second-order valence-corrected chi connectivity index (χ2v) is 5.17. The zero-order valence-corrected chi connectivity index (χ0v) is 12.0. The Balaban J connectivity index is 2.02. The molecule has 1 aliphatic rings. The van der Waals surface area contributed by atoms with Gasteiger partial charge in [0.15, 0.2) is 0 Å². The number of anilines is 1. The van der Waals surface area contributed by atoms with Crippen LogP contribution in [-0.4, -0.2) is 37.7 Å². The molecule has 0 atom stereocenters. The fourth-order valence-electron chi connectivity index (χ4n) is 2.72. The zero-order chi connectivity index (χ0) is 13.8. The van der Waals surface area contributed by atoms with Crippen LogP contribution in [0.1, 0.15) is 12.6 Å². The average molecular weight is 270 g/mol. The van der Waals surface area contributed by atoms with Gasteiger partial charge in [-0.05, 0) is 18.7 Å². The highest BCUT2D eigenvalue weighted by Crippen LogP contribution is 2.27. The number of nitrogens with one attached hydrogen (secondary N) is 2. The Morgan fingerprint density at radius 1 is 1.25 bits per heavy atom. The number of para-hydroxylation sites is 1. The second-order valence-electron chi connectivity index (χ2n) is 5.17. The number of benzene rings is 1. The summed E-state index contributed by atoms with van der Waals surface area (Å²) in [6, 6.07) is 10.7. The Labute approximate surface area is 120 Å². The van der Waals surface area contributed by atoms with Crippen LogP contribution in [0, 0.1) is 0 Å².